The van der Waals surface area contributed by atoms with Crippen molar-refractivity contribution < 1.29 is 9.59 Å². The molecule has 0 fully saturated rings. The maximum atomic E-state index is 12.3. The third-order valence-corrected chi connectivity index (χ3v) is 4.65. The lowest BCUT2D eigenvalue weighted by atomic mass is 9.88. The van der Waals surface area contributed by atoms with Crippen LogP contribution in [-0.4, -0.2) is 11.6 Å². The van der Waals surface area contributed by atoms with E-state index in [-0.39, 0.29) is 23.9 Å². The number of aryl methyl sites for hydroxylation is 1. The molecule has 0 N–H and O–H groups in total. The van der Waals surface area contributed by atoms with Crippen LogP contribution < -0.4 is 0 Å². The molecule has 24 heavy (non-hydrogen) atoms. The zero-order valence-corrected chi connectivity index (χ0v) is 15.6. The molecule has 1 aromatic carbocycles. The summed E-state index contributed by atoms with van der Waals surface area (Å²) in [6, 6.07) is 10.4. The van der Waals surface area contributed by atoms with E-state index in [1.54, 1.807) is 0 Å². The minimum atomic E-state index is -0.00370. The quantitative estimate of drug-likeness (QED) is 0.313. The van der Waals surface area contributed by atoms with E-state index >= 15 is 0 Å². The minimum absolute atomic E-state index is 0.00370. The van der Waals surface area contributed by atoms with Gasteiger partial charge in [0.15, 0.2) is 0 Å². The van der Waals surface area contributed by atoms with Crippen LogP contribution in [0.15, 0.2) is 30.3 Å². The van der Waals surface area contributed by atoms with Gasteiger partial charge in [-0.3, -0.25) is 9.59 Å². The van der Waals surface area contributed by atoms with Crippen molar-refractivity contribution in [3.63, 3.8) is 0 Å². The molecule has 1 unspecified atom stereocenters. The van der Waals surface area contributed by atoms with E-state index in [0.717, 1.165) is 32.1 Å². The van der Waals surface area contributed by atoms with Crippen LogP contribution in [0, 0.1) is 5.92 Å². The van der Waals surface area contributed by atoms with Gasteiger partial charge in [-0.25, -0.2) is 0 Å². The molecule has 2 nitrogen and oxygen atoms in total. The molecule has 2 heteroatoms. The first kappa shape index (κ1) is 20.6. The summed E-state index contributed by atoms with van der Waals surface area (Å²) in [7, 11) is 0. The van der Waals surface area contributed by atoms with E-state index in [1.165, 1.54) is 44.6 Å². The monoisotopic (exact) mass is 330 g/mol. The lowest BCUT2D eigenvalue weighted by molar-refractivity contribution is -0.128. The fourth-order valence-electron chi connectivity index (χ4n) is 3.22. The van der Waals surface area contributed by atoms with Crippen LogP contribution in [0.25, 0.3) is 0 Å². The lowest BCUT2D eigenvalue weighted by Crippen LogP contribution is -2.17. The van der Waals surface area contributed by atoms with E-state index in [4.69, 9.17) is 0 Å². The van der Waals surface area contributed by atoms with Crippen LogP contribution in [0.2, 0.25) is 0 Å². The van der Waals surface area contributed by atoms with Crippen molar-refractivity contribution in [3.05, 3.63) is 35.9 Å². The van der Waals surface area contributed by atoms with Gasteiger partial charge in [-0.2, -0.15) is 0 Å². The zero-order valence-electron chi connectivity index (χ0n) is 15.6. The van der Waals surface area contributed by atoms with Gasteiger partial charge in [-0.05, 0) is 38.2 Å². The second-order valence-electron chi connectivity index (χ2n) is 6.98. The van der Waals surface area contributed by atoms with Gasteiger partial charge in [0, 0.05) is 5.92 Å². The first-order valence-electron chi connectivity index (χ1n) is 9.69. The molecule has 0 heterocycles. The summed E-state index contributed by atoms with van der Waals surface area (Å²) in [5.41, 5.74) is 1.33. The van der Waals surface area contributed by atoms with Crippen LogP contribution >= 0.6 is 0 Å². The fraction of sp³-hybridized carbons (Fsp3) is 0.636. The van der Waals surface area contributed by atoms with Crippen LogP contribution in [0.1, 0.15) is 83.6 Å². The SMILES string of the molecule is CCCCCCCCC(CCCc1ccccc1)C(=O)CC(C)=O. The summed E-state index contributed by atoms with van der Waals surface area (Å²) in [5.74, 6) is 0.226. The third-order valence-electron chi connectivity index (χ3n) is 4.65. The summed E-state index contributed by atoms with van der Waals surface area (Å²) < 4.78 is 0. The average molecular weight is 331 g/mol. The van der Waals surface area contributed by atoms with E-state index in [2.05, 4.69) is 31.2 Å². The van der Waals surface area contributed by atoms with Crippen LogP contribution in [-0.2, 0) is 16.0 Å². The lowest BCUT2D eigenvalue weighted by Gasteiger charge is -2.15. The van der Waals surface area contributed by atoms with Gasteiger partial charge in [0.2, 0.25) is 0 Å². The van der Waals surface area contributed by atoms with Gasteiger partial charge in [0.05, 0.1) is 6.42 Å². The Morgan fingerprint density at radius 3 is 2.17 bits per heavy atom. The van der Waals surface area contributed by atoms with E-state index in [9.17, 15) is 9.59 Å². The van der Waals surface area contributed by atoms with Gasteiger partial charge in [-0.15, -0.1) is 0 Å². The molecule has 0 aliphatic carbocycles. The third kappa shape index (κ3) is 9.64. The number of Topliss-reactive ketones (excluding diaryl/α,β-unsaturated/α-hetero) is 2. The van der Waals surface area contributed by atoms with Crippen molar-refractivity contribution in [1.29, 1.82) is 0 Å². The summed E-state index contributed by atoms with van der Waals surface area (Å²) in [4.78, 5) is 23.6. The Labute approximate surface area is 148 Å². The minimum Gasteiger partial charge on any atom is -0.300 e. The number of carbonyl (C=O) groups is 2. The molecule has 0 aliphatic rings. The van der Waals surface area contributed by atoms with Crippen molar-refractivity contribution in [2.45, 2.75) is 84.5 Å². The second kappa shape index (κ2) is 12.9. The molecule has 0 bridgehead atoms. The van der Waals surface area contributed by atoms with Gasteiger partial charge < -0.3 is 0 Å². The highest BCUT2D eigenvalue weighted by atomic mass is 16.1. The zero-order chi connectivity index (χ0) is 17.6. The van der Waals surface area contributed by atoms with Crippen molar-refractivity contribution in [2.24, 2.45) is 5.92 Å². The van der Waals surface area contributed by atoms with Gasteiger partial charge in [-0.1, -0.05) is 75.8 Å². The first-order valence-corrected chi connectivity index (χ1v) is 9.69. The standard InChI is InChI=1S/C22H34O2/c1-3-4-5-6-7-11-16-21(22(24)18-19(2)23)17-12-15-20-13-9-8-10-14-20/h8-10,13-14,21H,3-7,11-12,15-18H2,1-2H3. The molecule has 134 valence electrons. The largest absolute Gasteiger partial charge is 0.300 e. The van der Waals surface area contributed by atoms with Gasteiger partial charge >= 0.3 is 0 Å². The molecule has 1 atom stereocenters. The summed E-state index contributed by atoms with van der Waals surface area (Å²) in [5, 5.41) is 0. The van der Waals surface area contributed by atoms with E-state index < -0.39 is 0 Å². The number of rotatable bonds is 14. The maximum absolute atomic E-state index is 12.3. The normalized spacial score (nSPS) is 12.1. The predicted octanol–water partition coefficient (Wildman–Crippen LogP) is 5.92. The predicted molar refractivity (Wildman–Crippen MR) is 101 cm³/mol. The van der Waals surface area contributed by atoms with E-state index in [0.29, 0.717) is 0 Å². The molecule has 0 aliphatic heterocycles. The Bertz CT molecular complexity index is 464. The molecule has 0 amide bonds. The highest BCUT2D eigenvalue weighted by Gasteiger charge is 2.19. The van der Waals surface area contributed by atoms with Crippen LogP contribution in [0.5, 0.6) is 0 Å². The van der Waals surface area contributed by atoms with Gasteiger partial charge in [0.25, 0.3) is 0 Å². The topological polar surface area (TPSA) is 34.1 Å². The Hall–Kier alpha value is -1.44. The number of carbonyl (C=O) groups excluding carboxylic acids is 2. The average Bonchev–Trinajstić information content (AvgIpc) is 2.56. The molecule has 0 saturated carbocycles. The number of hydrogen-bond donors (Lipinski definition) is 0. The molecule has 0 saturated heterocycles. The molecule has 1 aromatic rings. The molecular formula is C22H34O2. The Kier molecular flexibility index (Phi) is 11.1. The second-order valence-corrected chi connectivity index (χ2v) is 6.98. The molecule has 0 radical (unpaired) electrons. The number of benzene rings is 1. The van der Waals surface area contributed by atoms with Crippen molar-refractivity contribution in [2.75, 3.05) is 0 Å². The Balaban J connectivity index is 2.36. The molecule has 0 spiro atoms. The van der Waals surface area contributed by atoms with Crippen molar-refractivity contribution in [3.8, 4) is 0 Å². The van der Waals surface area contributed by atoms with E-state index in [1.807, 2.05) is 6.07 Å². The first-order chi connectivity index (χ1) is 11.6. The maximum Gasteiger partial charge on any atom is 0.143 e. The molecule has 0 aromatic heterocycles. The summed E-state index contributed by atoms with van der Waals surface area (Å²) >= 11 is 0. The highest BCUT2D eigenvalue weighted by Crippen LogP contribution is 2.21. The molecular weight excluding hydrogens is 296 g/mol. The number of hydrogen-bond acceptors (Lipinski definition) is 2. The van der Waals surface area contributed by atoms with Crippen molar-refractivity contribution in [1.82, 2.24) is 0 Å². The Morgan fingerprint density at radius 1 is 0.875 bits per heavy atom. The smallest absolute Gasteiger partial charge is 0.143 e. The number of unbranched alkanes of at least 4 members (excludes halogenated alkanes) is 5. The fourth-order valence-corrected chi connectivity index (χ4v) is 3.22. The van der Waals surface area contributed by atoms with Gasteiger partial charge in [0.1, 0.15) is 11.6 Å². The molecule has 1 rings (SSSR count). The summed E-state index contributed by atoms with van der Waals surface area (Å²) in [6.45, 7) is 3.74. The summed E-state index contributed by atoms with van der Waals surface area (Å²) in [6.07, 6.45) is 11.5. The highest BCUT2D eigenvalue weighted by molar-refractivity contribution is 5.98. The van der Waals surface area contributed by atoms with Crippen molar-refractivity contribution >= 4 is 11.6 Å². The van der Waals surface area contributed by atoms with Crippen LogP contribution in [0.4, 0.5) is 0 Å². The number of ketones is 2. The van der Waals surface area contributed by atoms with Crippen LogP contribution in [0.3, 0.4) is 0 Å². The Morgan fingerprint density at radius 2 is 1.50 bits per heavy atom.